The molecule has 1 aromatic heterocycles. The second-order valence-corrected chi connectivity index (χ2v) is 6.92. The molecule has 3 heterocycles. The molecule has 0 spiro atoms. The van der Waals surface area contributed by atoms with Gasteiger partial charge in [0, 0.05) is 64.1 Å². The summed E-state index contributed by atoms with van der Waals surface area (Å²) in [6.45, 7) is 9.52. The fourth-order valence-electron chi connectivity index (χ4n) is 4.12. The summed E-state index contributed by atoms with van der Waals surface area (Å²) in [6.07, 6.45) is 7.74. The van der Waals surface area contributed by atoms with Crippen LogP contribution >= 0.6 is 24.0 Å². The molecule has 1 saturated heterocycles. The highest BCUT2D eigenvalue weighted by Crippen LogP contribution is 2.19. The number of likely N-dealkylation sites (tertiary alicyclic amines) is 1. The third-order valence-electron chi connectivity index (χ3n) is 5.49. The number of rotatable bonds is 5. The van der Waals surface area contributed by atoms with E-state index in [1.54, 1.807) is 0 Å². The Balaban J connectivity index is 0.00000243. The van der Waals surface area contributed by atoms with Gasteiger partial charge in [-0.25, -0.2) is 0 Å². The van der Waals surface area contributed by atoms with E-state index in [0.717, 1.165) is 51.5 Å². The van der Waals surface area contributed by atoms with Crippen molar-refractivity contribution in [2.75, 3.05) is 33.2 Å². The first-order chi connectivity index (χ1) is 12.2. The van der Waals surface area contributed by atoms with Gasteiger partial charge in [-0.05, 0) is 19.3 Å². The Morgan fingerprint density at radius 2 is 2.00 bits per heavy atom. The van der Waals surface area contributed by atoms with E-state index in [9.17, 15) is 0 Å². The molecule has 0 radical (unpaired) electrons. The molecule has 0 bridgehead atoms. The minimum absolute atomic E-state index is 0. The molecule has 2 aliphatic heterocycles. The Labute approximate surface area is 174 Å². The third-order valence-corrected chi connectivity index (χ3v) is 5.49. The van der Waals surface area contributed by atoms with Crippen molar-refractivity contribution in [1.29, 1.82) is 0 Å². The number of nitrogens with one attached hydrogen (secondary N) is 1. The summed E-state index contributed by atoms with van der Waals surface area (Å²) >= 11 is 0. The molecule has 1 atom stereocenters. The molecule has 0 aromatic carbocycles. The lowest BCUT2D eigenvalue weighted by molar-refractivity contribution is 0.259. The van der Waals surface area contributed by atoms with Crippen LogP contribution in [0, 0.1) is 0 Å². The van der Waals surface area contributed by atoms with E-state index in [1.807, 2.05) is 18.8 Å². The average Bonchev–Trinajstić information content (AvgIpc) is 3.34. The van der Waals surface area contributed by atoms with E-state index in [0.29, 0.717) is 6.04 Å². The standard InChI is InChI=1S/C19H32N6.HI/c1-5-17-16(18(6-2)23(4)22-17)13-21-19(20-3)25-12-9-15(14-25)24-10-7-8-11-24;/h7-8,15H,5-6,9-14H2,1-4H3,(H,20,21);1H. The minimum atomic E-state index is 0. The van der Waals surface area contributed by atoms with Gasteiger partial charge >= 0.3 is 0 Å². The molecular weight excluding hydrogens is 439 g/mol. The Morgan fingerprint density at radius 3 is 2.62 bits per heavy atom. The van der Waals surface area contributed by atoms with E-state index in [2.05, 4.69) is 51.2 Å². The minimum Gasteiger partial charge on any atom is -0.352 e. The van der Waals surface area contributed by atoms with E-state index >= 15 is 0 Å². The zero-order chi connectivity index (χ0) is 17.8. The van der Waals surface area contributed by atoms with Gasteiger partial charge in [-0.1, -0.05) is 26.0 Å². The van der Waals surface area contributed by atoms with Gasteiger partial charge in [-0.2, -0.15) is 5.10 Å². The van der Waals surface area contributed by atoms with Crippen LogP contribution in [-0.4, -0.2) is 64.8 Å². The van der Waals surface area contributed by atoms with Gasteiger partial charge in [0.25, 0.3) is 0 Å². The summed E-state index contributed by atoms with van der Waals surface area (Å²) in [6, 6.07) is 0.643. The van der Waals surface area contributed by atoms with Crippen LogP contribution in [0.1, 0.15) is 37.2 Å². The highest BCUT2D eigenvalue weighted by atomic mass is 127. The van der Waals surface area contributed by atoms with Crippen LogP contribution in [0.25, 0.3) is 0 Å². The topological polar surface area (TPSA) is 48.7 Å². The summed E-state index contributed by atoms with van der Waals surface area (Å²) in [4.78, 5) is 9.49. The van der Waals surface area contributed by atoms with Crippen molar-refractivity contribution in [1.82, 2.24) is 24.9 Å². The number of hydrogen-bond donors (Lipinski definition) is 1. The quantitative estimate of drug-likeness (QED) is 0.309. The molecule has 26 heavy (non-hydrogen) atoms. The van der Waals surface area contributed by atoms with Crippen LogP contribution in [-0.2, 0) is 26.4 Å². The van der Waals surface area contributed by atoms with Crippen molar-refractivity contribution in [2.45, 2.75) is 45.7 Å². The zero-order valence-electron chi connectivity index (χ0n) is 16.5. The van der Waals surface area contributed by atoms with Gasteiger partial charge in [0.15, 0.2) is 5.96 Å². The number of halogens is 1. The predicted molar refractivity (Wildman–Crippen MR) is 118 cm³/mol. The van der Waals surface area contributed by atoms with E-state index < -0.39 is 0 Å². The monoisotopic (exact) mass is 472 g/mol. The Morgan fingerprint density at radius 1 is 1.27 bits per heavy atom. The zero-order valence-corrected chi connectivity index (χ0v) is 18.9. The molecule has 1 N–H and O–H groups in total. The van der Waals surface area contributed by atoms with Crippen LogP contribution < -0.4 is 5.32 Å². The maximum absolute atomic E-state index is 4.68. The molecule has 3 rings (SSSR count). The summed E-state index contributed by atoms with van der Waals surface area (Å²) < 4.78 is 2.03. The molecule has 1 aromatic rings. The molecule has 0 aliphatic carbocycles. The maximum atomic E-state index is 4.68. The van der Waals surface area contributed by atoms with Gasteiger partial charge in [0.1, 0.15) is 0 Å². The molecule has 0 saturated carbocycles. The van der Waals surface area contributed by atoms with Gasteiger partial charge in [-0.3, -0.25) is 14.6 Å². The SMILES string of the molecule is CCc1nn(C)c(CC)c1CNC(=NC)N1CCC(N2CC=CC2)C1.I. The summed E-state index contributed by atoms with van der Waals surface area (Å²) in [5, 5.41) is 8.27. The van der Waals surface area contributed by atoms with Crippen LogP contribution in [0.15, 0.2) is 17.1 Å². The van der Waals surface area contributed by atoms with Crippen LogP contribution in [0.4, 0.5) is 0 Å². The van der Waals surface area contributed by atoms with Crippen molar-refractivity contribution in [3.63, 3.8) is 0 Å². The smallest absolute Gasteiger partial charge is 0.193 e. The van der Waals surface area contributed by atoms with Gasteiger partial charge < -0.3 is 10.2 Å². The van der Waals surface area contributed by atoms with Crippen molar-refractivity contribution >= 4 is 29.9 Å². The maximum Gasteiger partial charge on any atom is 0.193 e. The number of aryl methyl sites for hydroxylation is 2. The van der Waals surface area contributed by atoms with Crippen molar-refractivity contribution in [3.8, 4) is 0 Å². The Hall–Kier alpha value is -1.09. The van der Waals surface area contributed by atoms with Crippen molar-refractivity contribution in [3.05, 3.63) is 29.1 Å². The highest BCUT2D eigenvalue weighted by molar-refractivity contribution is 14.0. The molecule has 2 aliphatic rings. The van der Waals surface area contributed by atoms with Gasteiger partial charge in [-0.15, -0.1) is 24.0 Å². The van der Waals surface area contributed by atoms with Gasteiger partial charge in [0.05, 0.1) is 5.69 Å². The van der Waals surface area contributed by atoms with E-state index in [1.165, 1.54) is 23.4 Å². The van der Waals surface area contributed by atoms with Gasteiger partial charge in [0.2, 0.25) is 0 Å². The lowest BCUT2D eigenvalue weighted by Gasteiger charge is -2.25. The van der Waals surface area contributed by atoms with Crippen LogP contribution in [0.2, 0.25) is 0 Å². The van der Waals surface area contributed by atoms with Crippen LogP contribution in [0.5, 0.6) is 0 Å². The summed E-state index contributed by atoms with van der Waals surface area (Å²) in [5.41, 5.74) is 3.86. The second-order valence-electron chi connectivity index (χ2n) is 6.92. The molecule has 7 heteroatoms. The third kappa shape index (κ3) is 4.42. The molecular formula is C19H33IN6. The largest absolute Gasteiger partial charge is 0.352 e. The van der Waals surface area contributed by atoms with E-state index in [4.69, 9.17) is 0 Å². The number of aromatic nitrogens is 2. The number of aliphatic imine (C=N–C) groups is 1. The molecule has 6 nitrogen and oxygen atoms in total. The first-order valence-electron chi connectivity index (χ1n) is 9.56. The fraction of sp³-hybridized carbons (Fsp3) is 0.684. The molecule has 1 unspecified atom stereocenters. The molecule has 1 fully saturated rings. The lowest BCUT2D eigenvalue weighted by atomic mass is 10.1. The van der Waals surface area contributed by atoms with Crippen molar-refractivity contribution < 1.29 is 0 Å². The first kappa shape index (κ1) is 21.2. The number of guanidine groups is 1. The Kier molecular flexibility index (Phi) is 7.94. The molecule has 146 valence electrons. The second kappa shape index (κ2) is 9.73. The normalized spacial score (nSPS) is 20.7. The van der Waals surface area contributed by atoms with E-state index in [-0.39, 0.29) is 24.0 Å². The molecule has 0 amide bonds. The summed E-state index contributed by atoms with van der Waals surface area (Å²) in [5.74, 6) is 1.02. The number of nitrogens with zero attached hydrogens (tertiary/aromatic N) is 5. The fourth-order valence-corrected chi connectivity index (χ4v) is 4.12. The average molecular weight is 472 g/mol. The number of hydrogen-bond acceptors (Lipinski definition) is 3. The summed E-state index contributed by atoms with van der Waals surface area (Å²) in [7, 11) is 3.93. The highest BCUT2D eigenvalue weighted by Gasteiger charge is 2.29. The van der Waals surface area contributed by atoms with Crippen molar-refractivity contribution in [2.24, 2.45) is 12.0 Å². The first-order valence-corrected chi connectivity index (χ1v) is 9.56. The predicted octanol–water partition coefficient (Wildman–Crippen LogP) is 2.18. The Bertz CT molecular complexity index is 643. The van der Waals surface area contributed by atoms with Crippen LogP contribution in [0.3, 0.4) is 0 Å². The lowest BCUT2D eigenvalue weighted by Crippen LogP contribution is -2.42.